The monoisotopic (exact) mass is 474 g/mol. The summed E-state index contributed by atoms with van der Waals surface area (Å²) >= 11 is 1.52. The molecule has 3 aromatic heterocycles. The largest absolute Gasteiger partial charge is 0.454 e. The number of nitrogens with zero attached hydrogens (tertiary/aromatic N) is 3. The van der Waals surface area contributed by atoms with Crippen molar-refractivity contribution in [3.8, 4) is 10.6 Å². The Morgan fingerprint density at radius 3 is 2.82 bits per heavy atom. The van der Waals surface area contributed by atoms with Crippen LogP contribution in [0, 0.1) is 0 Å². The molecular weight excluding hydrogens is 452 g/mol. The van der Waals surface area contributed by atoms with Crippen molar-refractivity contribution in [2.45, 2.75) is 32.7 Å². The number of ether oxygens (including phenoxy) is 1. The summed E-state index contributed by atoms with van der Waals surface area (Å²) in [6.07, 6.45) is 2.56. The summed E-state index contributed by atoms with van der Waals surface area (Å²) in [5, 5.41) is 9.72. The second kappa shape index (κ2) is 8.83. The summed E-state index contributed by atoms with van der Waals surface area (Å²) in [6, 6.07) is 10.7. The highest BCUT2D eigenvalue weighted by molar-refractivity contribution is 7.13. The van der Waals surface area contributed by atoms with E-state index in [0.29, 0.717) is 46.4 Å². The fourth-order valence-electron chi connectivity index (χ4n) is 3.96. The van der Waals surface area contributed by atoms with E-state index in [-0.39, 0.29) is 24.3 Å². The first kappa shape index (κ1) is 22.0. The number of aromatic nitrogens is 3. The molecule has 1 aromatic carbocycles. The van der Waals surface area contributed by atoms with E-state index >= 15 is 0 Å². The number of pyridine rings is 1. The second-order valence-electron chi connectivity index (χ2n) is 8.37. The molecule has 0 fully saturated rings. The molecule has 0 aliphatic carbocycles. The number of aryl methyl sites for hydroxylation is 1. The molecule has 0 unspecified atom stereocenters. The van der Waals surface area contributed by atoms with Crippen LogP contribution in [-0.4, -0.2) is 39.0 Å². The number of amides is 1. The summed E-state index contributed by atoms with van der Waals surface area (Å²) in [7, 11) is 0. The Labute approximate surface area is 199 Å². The average molecular weight is 475 g/mol. The van der Waals surface area contributed by atoms with Crippen molar-refractivity contribution < 1.29 is 19.1 Å². The zero-order valence-electron chi connectivity index (χ0n) is 18.7. The first-order chi connectivity index (χ1) is 16.4. The molecule has 0 bridgehead atoms. The van der Waals surface area contributed by atoms with Gasteiger partial charge in [-0.25, -0.2) is 14.5 Å². The van der Waals surface area contributed by atoms with Gasteiger partial charge in [0.15, 0.2) is 18.0 Å². The fourth-order valence-corrected chi connectivity index (χ4v) is 4.65. The van der Waals surface area contributed by atoms with Gasteiger partial charge >= 0.3 is 5.97 Å². The number of fused-ring (bicyclic) bond motifs is 2. The topological polar surface area (TPSA) is 103 Å². The molecule has 4 aromatic rings. The van der Waals surface area contributed by atoms with Gasteiger partial charge in [-0.1, -0.05) is 6.07 Å². The third-order valence-corrected chi connectivity index (χ3v) is 6.60. The van der Waals surface area contributed by atoms with Gasteiger partial charge in [-0.2, -0.15) is 5.10 Å². The van der Waals surface area contributed by atoms with Crippen molar-refractivity contribution in [3.63, 3.8) is 0 Å². The molecular formula is C25H22N4O4S. The molecule has 4 heterocycles. The molecule has 5 rings (SSSR count). The highest BCUT2D eigenvalue weighted by Crippen LogP contribution is 2.29. The van der Waals surface area contributed by atoms with E-state index in [1.165, 1.54) is 11.3 Å². The minimum Gasteiger partial charge on any atom is -0.454 e. The number of Topliss-reactive ketones (excluding diaryl/α,β-unsaturated/α-hetero) is 1. The Morgan fingerprint density at radius 1 is 1.21 bits per heavy atom. The van der Waals surface area contributed by atoms with Crippen molar-refractivity contribution in [2.24, 2.45) is 0 Å². The summed E-state index contributed by atoms with van der Waals surface area (Å²) < 4.78 is 7.20. The fraction of sp³-hybridized carbons (Fsp3) is 0.240. The maximum atomic E-state index is 13.1. The second-order valence-corrected chi connectivity index (χ2v) is 9.32. The van der Waals surface area contributed by atoms with Crippen LogP contribution in [0.15, 0.2) is 48.0 Å². The highest BCUT2D eigenvalue weighted by atomic mass is 32.1. The molecule has 1 N–H and O–H groups in total. The van der Waals surface area contributed by atoms with E-state index in [2.05, 4.69) is 10.4 Å². The minimum atomic E-state index is -0.605. The molecule has 172 valence electrons. The predicted molar refractivity (Wildman–Crippen MR) is 129 cm³/mol. The van der Waals surface area contributed by atoms with E-state index in [9.17, 15) is 14.4 Å². The number of esters is 1. The lowest BCUT2D eigenvalue weighted by atomic mass is 9.99. The van der Waals surface area contributed by atoms with Crippen molar-refractivity contribution >= 4 is 45.7 Å². The predicted octanol–water partition coefficient (Wildman–Crippen LogP) is 4.67. The normalized spacial score (nSPS) is 13.1. The maximum absolute atomic E-state index is 13.1. The summed E-state index contributed by atoms with van der Waals surface area (Å²) in [6.45, 7) is 3.60. The average Bonchev–Trinajstić information content (AvgIpc) is 3.51. The van der Waals surface area contributed by atoms with Crippen molar-refractivity contribution in [3.05, 3.63) is 64.7 Å². The van der Waals surface area contributed by atoms with E-state index in [0.717, 1.165) is 10.4 Å². The van der Waals surface area contributed by atoms with Gasteiger partial charge in [0.05, 0.1) is 27.7 Å². The number of hydrogen-bond acceptors (Lipinski definition) is 7. The van der Waals surface area contributed by atoms with Crippen LogP contribution >= 0.6 is 11.3 Å². The summed E-state index contributed by atoms with van der Waals surface area (Å²) in [5.41, 5.74) is 3.62. The molecule has 8 nitrogen and oxygen atoms in total. The van der Waals surface area contributed by atoms with Crippen LogP contribution in [0.1, 0.15) is 52.6 Å². The van der Waals surface area contributed by atoms with Gasteiger partial charge in [0.2, 0.25) is 5.91 Å². The molecule has 1 aliphatic rings. The van der Waals surface area contributed by atoms with Gasteiger partial charge in [-0.15, -0.1) is 11.3 Å². The Balaban J connectivity index is 1.40. The summed E-state index contributed by atoms with van der Waals surface area (Å²) in [5.74, 6) is -0.950. The van der Waals surface area contributed by atoms with Gasteiger partial charge < -0.3 is 10.1 Å². The standard InChI is InChI=1S/C25H22N4O4S/c1-14(2)29-24-18(12-26-29)17(11-20(28-24)22-4-3-9-34-22)25(32)33-13-21(30)16-5-7-19-15(10-16)6-8-23(31)27-19/h3-5,7,9-12,14H,6,8,13H2,1-2H3,(H,27,31). The van der Waals surface area contributed by atoms with Crippen LogP contribution in [0.3, 0.4) is 0 Å². The first-order valence-corrected chi connectivity index (χ1v) is 11.8. The molecule has 0 spiro atoms. The first-order valence-electron chi connectivity index (χ1n) is 11.0. The van der Waals surface area contributed by atoms with Gasteiger partial charge in [-0.05, 0) is 61.5 Å². The van der Waals surface area contributed by atoms with Crippen LogP contribution in [0.4, 0.5) is 5.69 Å². The van der Waals surface area contributed by atoms with Crippen LogP contribution < -0.4 is 5.32 Å². The molecule has 9 heteroatoms. The molecule has 0 radical (unpaired) electrons. The maximum Gasteiger partial charge on any atom is 0.339 e. The SMILES string of the molecule is CC(C)n1ncc2c(C(=O)OCC(=O)c3ccc4c(c3)CCC(=O)N4)cc(-c3cccs3)nc21. The van der Waals surface area contributed by atoms with Gasteiger partial charge in [0, 0.05) is 23.7 Å². The minimum absolute atomic E-state index is 0.0353. The molecule has 0 saturated heterocycles. The zero-order chi connectivity index (χ0) is 23.8. The lowest BCUT2D eigenvalue weighted by Crippen LogP contribution is -2.20. The quantitative estimate of drug-likeness (QED) is 0.322. The number of rotatable bonds is 6. The number of ketones is 1. The molecule has 34 heavy (non-hydrogen) atoms. The van der Waals surface area contributed by atoms with Crippen LogP contribution in [0.2, 0.25) is 0 Å². The van der Waals surface area contributed by atoms with E-state index in [1.807, 2.05) is 31.4 Å². The number of anilines is 1. The van der Waals surface area contributed by atoms with E-state index in [4.69, 9.17) is 9.72 Å². The molecule has 1 amide bonds. The van der Waals surface area contributed by atoms with Crippen molar-refractivity contribution in [1.82, 2.24) is 14.8 Å². The molecule has 0 saturated carbocycles. The van der Waals surface area contributed by atoms with Crippen LogP contribution in [0.5, 0.6) is 0 Å². The lowest BCUT2D eigenvalue weighted by Gasteiger charge is -2.17. The van der Waals surface area contributed by atoms with Gasteiger partial charge in [-0.3, -0.25) is 9.59 Å². The van der Waals surface area contributed by atoms with Crippen molar-refractivity contribution in [1.29, 1.82) is 0 Å². The Bertz CT molecular complexity index is 1420. The number of carbonyl (C=O) groups excluding carboxylic acids is 3. The lowest BCUT2D eigenvalue weighted by molar-refractivity contribution is -0.116. The number of thiophene rings is 1. The number of carbonyl (C=O) groups is 3. The summed E-state index contributed by atoms with van der Waals surface area (Å²) in [4.78, 5) is 43.0. The molecule has 1 aliphatic heterocycles. The number of nitrogens with one attached hydrogen (secondary N) is 1. The van der Waals surface area contributed by atoms with Crippen molar-refractivity contribution in [2.75, 3.05) is 11.9 Å². The third kappa shape index (κ3) is 4.10. The Kier molecular flexibility index (Phi) is 5.70. The smallest absolute Gasteiger partial charge is 0.339 e. The van der Waals surface area contributed by atoms with Gasteiger partial charge in [0.25, 0.3) is 0 Å². The third-order valence-electron chi connectivity index (χ3n) is 5.71. The zero-order valence-corrected chi connectivity index (χ0v) is 19.5. The van der Waals surface area contributed by atoms with E-state index < -0.39 is 5.97 Å². The van der Waals surface area contributed by atoms with E-state index in [1.54, 1.807) is 35.1 Å². The van der Waals surface area contributed by atoms with Crippen LogP contribution in [0.25, 0.3) is 21.6 Å². The van der Waals surface area contributed by atoms with Crippen LogP contribution in [-0.2, 0) is 16.0 Å². The number of benzene rings is 1. The highest BCUT2D eigenvalue weighted by Gasteiger charge is 2.22. The number of hydrogen-bond donors (Lipinski definition) is 1. The van der Waals surface area contributed by atoms with Gasteiger partial charge in [0.1, 0.15) is 0 Å². The Morgan fingerprint density at radius 2 is 2.06 bits per heavy atom. The Hall–Kier alpha value is -3.85. The molecule has 0 atom stereocenters.